The molecule has 1 saturated carbocycles. The number of hydrogen-bond acceptors (Lipinski definition) is 9. The number of anilines is 3. The number of nitrogens with one attached hydrogen (secondary N) is 2. The van der Waals surface area contributed by atoms with Crippen LogP contribution in [0.25, 0.3) is 0 Å². The molecule has 0 bridgehead atoms. The van der Waals surface area contributed by atoms with Gasteiger partial charge in [0.05, 0.1) is 12.0 Å². The lowest BCUT2D eigenvalue weighted by molar-refractivity contribution is -0.384. The van der Waals surface area contributed by atoms with E-state index >= 15 is 0 Å². The SMILES string of the molecule is COc1ncccc1Nc1ncc([N+](=O)[O-])c(N[C@@H]2CCCC[C@@H]2CO)n1. The Morgan fingerprint density at radius 1 is 1.37 bits per heavy atom. The van der Waals surface area contributed by atoms with Crippen LogP contribution in [0.15, 0.2) is 24.5 Å². The van der Waals surface area contributed by atoms with Crippen molar-refractivity contribution in [2.75, 3.05) is 24.4 Å². The molecule has 2 aromatic rings. The van der Waals surface area contributed by atoms with Gasteiger partial charge in [0.25, 0.3) is 0 Å². The zero-order valence-corrected chi connectivity index (χ0v) is 15.0. The van der Waals surface area contributed by atoms with E-state index in [0.717, 1.165) is 31.9 Å². The largest absolute Gasteiger partial charge is 0.480 e. The molecule has 2 heterocycles. The Bertz CT molecular complexity index is 803. The van der Waals surface area contributed by atoms with E-state index in [9.17, 15) is 15.2 Å². The Morgan fingerprint density at radius 2 is 2.19 bits per heavy atom. The van der Waals surface area contributed by atoms with Crippen LogP contribution in [0.1, 0.15) is 25.7 Å². The van der Waals surface area contributed by atoms with E-state index in [2.05, 4.69) is 25.6 Å². The van der Waals surface area contributed by atoms with Gasteiger partial charge in [0.1, 0.15) is 11.9 Å². The van der Waals surface area contributed by atoms with Crippen LogP contribution in [-0.4, -0.2) is 44.7 Å². The number of nitro groups is 1. The molecule has 0 amide bonds. The van der Waals surface area contributed by atoms with Crippen molar-refractivity contribution < 1.29 is 14.8 Å². The first-order valence-electron chi connectivity index (χ1n) is 8.77. The summed E-state index contributed by atoms with van der Waals surface area (Å²) >= 11 is 0. The highest BCUT2D eigenvalue weighted by molar-refractivity contribution is 5.63. The lowest BCUT2D eigenvalue weighted by Gasteiger charge is -2.31. The second-order valence-corrected chi connectivity index (χ2v) is 6.35. The molecule has 27 heavy (non-hydrogen) atoms. The van der Waals surface area contributed by atoms with Gasteiger partial charge in [-0.1, -0.05) is 12.8 Å². The van der Waals surface area contributed by atoms with Gasteiger partial charge in [0.15, 0.2) is 0 Å². The molecule has 3 rings (SSSR count). The van der Waals surface area contributed by atoms with E-state index in [1.807, 2.05) is 0 Å². The van der Waals surface area contributed by atoms with Crippen LogP contribution in [0, 0.1) is 16.0 Å². The maximum atomic E-state index is 11.4. The molecule has 144 valence electrons. The second kappa shape index (κ2) is 8.58. The van der Waals surface area contributed by atoms with Crippen molar-refractivity contribution in [3.8, 4) is 5.88 Å². The lowest BCUT2D eigenvalue weighted by atomic mass is 9.85. The molecule has 1 aliphatic carbocycles. The predicted octanol–water partition coefficient (Wildman–Crippen LogP) is 2.50. The Labute approximate surface area is 156 Å². The van der Waals surface area contributed by atoms with Gasteiger partial charge in [0.2, 0.25) is 17.6 Å². The number of nitrogens with zero attached hydrogens (tertiary/aromatic N) is 4. The van der Waals surface area contributed by atoms with E-state index in [1.165, 1.54) is 7.11 Å². The normalized spacial score (nSPS) is 19.3. The summed E-state index contributed by atoms with van der Waals surface area (Å²) in [6.07, 6.45) is 6.51. The van der Waals surface area contributed by atoms with Crippen LogP contribution < -0.4 is 15.4 Å². The molecule has 1 fully saturated rings. The Hall–Kier alpha value is -3.01. The monoisotopic (exact) mass is 374 g/mol. The third-order valence-electron chi connectivity index (χ3n) is 4.64. The Kier molecular flexibility index (Phi) is 5.97. The van der Waals surface area contributed by atoms with Gasteiger partial charge < -0.3 is 20.5 Å². The zero-order chi connectivity index (χ0) is 19.2. The van der Waals surface area contributed by atoms with E-state index in [1.54, 1.807) is 18.3 Å². The molecular formula is C17H22N6O4. The number of aliphatic hydroxyl groups is 1. The number of aliphatic hydroxyl groups excluding tert-OH is 1. The van der Waals surface area contributed by atoms with E-state index < -0.39 is 4.92 Å². The summed E-state index contributed by atoms with van der Waals surface area (Å²) in [6, 6.07) is 3.40. The minimum atomic E-state index is -0.520. The first kappa shape index (κ1) is 18.8. The molecule has 1 aliphatic rings. The fourth-order valence-corrected chi connectivity index (χ4v) is 3.24. The van der Waals surface area contributed by atoms with Gasteiger partial charge in [-0.05, 0) is 25.0 Å². The fraction of sp³-hybridized carbons (Fsp3) is 0.471. The van der Waals surface area contributed by atoms with Crippen LogP contribution in [0.5, 0.6) is 5.88 Å². The summed E-state index contributed by atoms with van der Waals surface area (Å²) in [6.45, 7) is 0.0362. The maximum absolute atomic E-state index is 11.4. The van der Waals surface area contributed by atoms with Crippen molar-refractivity contribution in [2.24, 2.45) is 5.92 Å². The molecule has 0 unspecified atom stereocenters. The van der Waals surface area contributed by atoms with Gasteiger partial charge in [-0.3, -0.25) is 10.1 Å². The van der Waals surface area contributed by atoms with Crippen LogP contribution in [-0.2, 0) is 0 Å². The average molecular weight is 374 g/mol. The molecule has 2 atom stereocenters. The lowest BCUT2D eigenvalue weighted by Crippen LogP contribution is -2.34. The predicted molar refractivity (Wildman–Crippen MR) is 99.2 cm³/mol. The molecule has 10 heteroatoms. The third-order valence-corrected chi connectivity index (χ3v) is 4.64. The number of hydrogen-bond donors (Lipinski definition) is 3. The van der Waals surface area contributed by atoms with Gasteiger partial charge in [-0.25, -0.2) is 9.97 Å². The zero-order valence-electron chi connectivity index (χ0n) is 15.0. The highest BCUT2D eigenvalue weighted by Gasteiger charge is 2.28. The highest BCUT2D eigenvalue weighted by atomic mass is 16.6. The van der Waals surface area contributed by atoms with E-state index in [4.69, 9.17) is 4.74 Å². The number of methoxy groups -OCH3 is 1. The Balaban J connectivity index is 1.87. The Morgan fingerprint density at radius 3 is 2.93 bits per heavy atom. The summed E-state index contributed by atoms with van der Waals surface area (Å²) in [5.74, 6) is 0.723. The second-order valence-electron chi connectivity index (χ2n) is 6.35. The molecule has 0 spiro atoms. The van der Waals surface area contributed by atoms with Crippen LogP contribution >= 0.6 is 0 Å². The van der Waals surface area contributed by atoms with Crippen molar-refractivity contribution in [2.45, 2.75) is 31.7 Å². The fourth-order valence-electron chi connectivity index (χ4n) is 3.24. The van der Waals surface area contributed by atoms with Crippen molar-refractivity contribution >= 4 is 23.1 Å². The highest BCUT2D eigenvalue weighted by Crippen LogP contribution is 2.31. The van der Waals surface area contributed by atoms with Gasteiger partial charge >= 0.3 is 5.69 Å². The van der Waals surface area contributed by atoms with Gasteiger partial charge in [-0.15, -0.1) is 0 Å². The maximum Gasteiger partial charge on any atom is 0.329 e. The molecule has 0 aromatic carbocycles. The summed E-state index contributed by atoms with van der Waals surface area (Å²) in [5, 5.41) is 27.1. The van der Waals surface area contributed by atoms with Crippen molar-refractivity contribution in [3.63, 3.8) is 0 Å². The third kappa shape index (κ3) is 4.40. The summed E-state index contributed by atoms with van der Waals surface area (Å²) in [4.78, 5) is 23.2. The topological polar surface area (TPSA) is 135 Å². The van der Waals surface area contributed by atoms with E-state index in [-0.39, 0.29) is 36.0 Å². The van der Waals surface area contributed by atoms with Crippen LogP contribution in [0.2, 0.25) is 0 Å². The molecular weight excluding hydrogens is 352 g/mol. The standard InChI is InChI=1S/C17H22N6O4/c1-27-16-13(7-4-8-18-16)21-17-19-9-14(23(25)26)15(22-17)20-12-6-3-2-5-11(12)10-24/h4,7-9,11-12,24H,2-3,5-6,10H2,1H3,(H2,19,20,21,22)/t11-,12-/m1/s1. The minimum absolute atomic E-state index is 0.0362. The number of aromatic nitrogens is 3. The van der Waals surface area contributed by atoms with Gasteiger partial charge in [0, 0.05) is 24.8 Å². The molecule has 0 radical (unpaired) electrons. The van der Waals surface area contributed by atoms with Crippen LogP contribution in [0.3, 0.4) is 0 Å². The number of ether oxygens (including phenoxy) is 1. The quantitative estimate of drug-likeness (QED) is 0.493. The van der Waals surface area contributed by atoms with Gasteiger partial charge in [-0.2, -0.15) is 4.98 Å². The summed E-state index contributed by atoms with van der Waals surface area (Å²) in [5.41, 5.74) is 0.340. The van der Waals surface area contributed by atoms with Crippen LogP contribution in [0.4, 0.5) is 23.1 Å². The van der Waals surface area contributed by atoms with Crippen molar-refractivity contribution in [1.29, 1.82) is 0 Å². The molecule has 0 aliphatic heterocycles. The number of rotatable bonds is 7. The minimum Gasteiger partial charge on any atom is -0.480 e. The van der Waals surface area contributed by atoms with Crippen molar-refractivity contribution in [3.05, 3.63) is 34.6 Å². The first-order valence-corrected chi connectivity index (χ1v) is 8.77. The molecule has 2 aromatic heterocycles. The first-order chi connectivity index (χ1) is 13.1. The van der Waals surface area contributed by atoms with Crippen molar-refractivity contribution in [1.82, 2.24) is 15.0 Å². The summed E-state index contributed by atoms with van der Waals surface area (Å²) < 4.78 is 5.18. The smallest absolute Gasteiger partial charge is 0.329 e. The van der Waals surface area contributed by atoms with E-state index in [0.29, 0.717) is 11.6 Å². The molecule has 0 saturated heterocycles. The molecule has 10 nitrogen and oxygen atoms in total. The number of pyridine rings is 1. The summed E-state index contributed by atoms with van der Waals surface area (Å²) in [7, 11) is 1.50. The molecule has 3 N–H and O–H groups in total. The average Bonchev–Trinajstić information content (AvgIpc) is 2.69.